The van der Waals surface area contributed by atoms with E-state index in [2.05, 4.69) is 21.3 Å². The maximum atomic E-state index is 10.9. The van der Waals surface area contributed by atoms with Gasteiger partial charge in [-0.2, -0.15) is 11.8 Å². The highest BCUT2D eigenvalue weighted by atomic mass is 32.2. The SMILES string of the molecule is COc1cc(CNCCCNCCCCNCCCN)ccc1O.CSCCN1CC(=O)NC1=O. The van der Waals surface area contributed by atoms with Gasteiger partial charge in [-0.1, -0.05) is 6.07 Å². The van der Waals surface area contributed by atoms with E-state index in [0.717, 1.165) is 70.0 Å². The summed E-state index contributed by atoms with van der Waals surface area (Å²) in [6.45, 7) is 7.62. The normalized spacial score (nSPS) is 12.9. The van der Waals surface area contributed by atoms with Crippen LogP contribution in [0.15, 0.2) is 18.2 Å². The lowest BCUT2D eigenvalue weighted by Crippen LogP contribution is -2.30. The van der Waals surface area contributed by atoms with Crippen molar-refractivity contribution in [2.45, 2.75) is 32.2 Å². The minimum Gasteiger partial charge on any atom is -0.504 e. The Kier molecular flexibility index (Phi) is 17.9. The molecular formula is C24H44N6O4S. The Balaban J connectivity index is 0.000000462. The predicted molar refractivity (Wildman–Crippen MR) is 143 cm³/mol. The maximum absolute atomic E-state index is 10.9. The Morgan fingerprint density at radius 1 is 1.06 bits per heavy atom. The van der Waals surface area contributed by atoms with E-state index in [-0.39, 0.29) is 24.2 Å². The molecule has 2 rings (SSSR count). The molecule has 1 saturated heterocycles. The topological polar surface area (TPSA) is 141 Å². The second-order valence-corrected chi connectivity index (χ2v) is 9.14. The van der Waals surface area contributed by atoms with Crippen LogP contribution in [0.5, 0.6) is 11.5 Å². The third-order valence-corrected chi connectivity index (χ3v) is 5.82. The zero-order valence-electron chi connectivity index (χ0n) is 21.2. The molecule has 0 radical (unpaired) electrons. The zero-order valence-corrected chi connectivity index (χ0v) is 22.1. The van der Waals surface area contributed by atoms with E-state index in [4.69, 9.17) is 10.5 Å². The molecule has 1 aromatic carbocycles. The number of nitrogens with two attached hydrogens (primary N) is 1. The molecule has 10 nitrogen and oxygen atoms in total. The number of nitrogens with zero attached hydrogens (tertiary/aromatic N) is 1. The number of thioether (sulfide) groups is 1. The maximum Gasteiger partial charge on any atom is 0.324 e. The Morgan fingerprint density at radius 3 is 2.31 bits per heavy atom. The molecule has 35 heavy (non-hydrogen) atoms. The molecule has 0 atom stereocenters. The number of phenols is 1. The van der Waals surface area contributed by atoms with Gasteiger partial charge in [0.15, 0.2) is 11.5 Å². The summed E-state index contributed by atoms with van der Waals surface area (Å²) in [5.41, 5.74) is 6.55. The standard InChI is InChI=1S/C18H34N4O2.C6H10N2O2S/c1-24-18-14-16(6-7-17(18)23)15-22-13-5-12-21-10-3-2-9-20-11-4-8-19;1-11-3-2-8-4-5(9)7-6(8)10/h6-7,14,20-23H,2-5,8-13,15,19H2,1H3;2-4H2,1H3,(H,7,9,10). The molecule has 7 N–H and O–H groups in total. The molecule has 1 fully saturated rings. The molecule has 0 unspecified atom stereocenters. The molecule has 200 valence electrons. The first-order valence-corrected chi connectivity index (χ1v) is 13.7. The van der Waals surface area contributed by atoms with Crippen LogP contribution in [0.4, 0.5) is 4.79 Å². The van der Waals surface area contributed by atoms with E-state index in [1.165, 1.54) is 17.7 Å². The summed E-state index contributed by atoms with van der Waals surface area (Å²) in [6.07, 6.45) is 6.54. The Hall–Kier alpha value is -2.05. The van der Waals surface area contributed by atoms with Crippen LogP contribution in [0.2, 0.25) is 0 Å². The minimum atomic E-state index is -0.260. The molecular weight excluding hydrogens is 468 g/mol. The number of rotatable bonds is 18. The van der Waals surface area contributed by atoms with Crippen molar-refractivity contribution < 1.29 is 19.4 Å². The lowest BCUT2D eigenvalue weighted by molar-refractivity contribution is -0.118. The van der Waals surface area contributed by atoms with Crippen molar-refractivity contribution in [2.24, 2.45) is 5.73 Å². The summed E-state index contributed by atoms with van der Waals surface area (Å²) in [5.74, 6) is 1.38. The summed E-state index contributed by atoms with van der Waals surface area (Å²) in [6, 6.07) is 5.18. The number of carbonyl (C=O) groups excluding carboxylic acids is 2. The van der Waals surface area contributed by atoms with E-state index in [9.17, 15) is 14.7 Å². The summed E-state index contributed by atoms with van der Waals surface area (Å²) < 4.78 is 5.11. The largest absolute Gasteiger partial charge is 0.504 e. The third kappa shape index (κ3) is 14.8. The van der Waals surface area contributed by atoms with Crippen molar-refractivity contribution >= 4 is 23.7 Å². The molecule has 1 heterocycles. The molecule has 11 heteroatoms. The van der Waals surface area contributed by atoms with Crippen LogP contribution < -0.4 is 31.7 Å². The molecule has 1 aromatic rings. The van der Waals surface area contributed by atoms with Crippen molar-refractivity contribution in [3.05, 3.63) is 23.8 Å². The van der Waals surface area contributed by atoms with Crippen molar-refractivity contribution in [1.82, 2.24) is 26.2 Å². The fraction of sp³-hybridized carbons (Fsp3) is 0.667. The van der Waals surface area contributed by atoms with E-state index >= 15 is 0 Å². The Bertz CT molecular complexity index is 725. The average Bonchev–Trinajstić information content (AvgIpc) is 3.18. The van der Waals surface area contributed by atoms with Gasteiger partial charge >= 0.3 is 6.03 Å². The highest BCUT2D eigenvalue weighted by Crippen LogP contribution is 2.26. The van der Waals surface area contributed by atoms with Gasteiger partial charge in [0, 0.05) is 18.8 Å². The quantitative estimate of drug-likeness (QED) is 0.126. The number of phenolic OH excluding ortho intramolecular Hbond substituents is 1. The van der Waals surface area contributed by atoms with Gasteiger partial charge in [0.1, 0.15) is 6.54 Å². The second-order valence-electron chi connectivity index (χ2n) is 8.15. The van der Waals surface area contributed by atoms with Gasteiger partial charge in [-0.25, -0.2) is 4.79 Å². The average molecular weight is 513 g/mol. The van der Waals surface area contributed by atoms with Crippen LogP contribution in [-0.4, -0.2) is 93.4 Å². The van der Waals surface area contributed by atoms with Gasteiger partial charge in [0.05, 0.1) is 7.11 Å². The number of amides is 3. The fourth-order valence-corrected chi connectivity index (χ4v) is 3.65. The zero-order chi connectivity index (χ0) is 25.7. The van der Waals surface area contributed by atoms with Gasteiger partial charge in [-0.05, 0) is 88.9 Å². The van der Waals surface area contributed by atoms with E-state index in [1.54, 1.807) is 24.9 Å². The predicted octanol–water partition coefficient (Wildman–Crippen LogP) is 1.09. The number of unbranched alkanes of at least 4 members (excludes halogenated alkanes) is 1. The van der Waals surface area contributed by atoms with Gasteiger partial charge in [0.2, 0.25) is 5.91 Å². The summed E-state index contributed by atoms with van der Waals surface area (Å²) in [5, 5.41) is 22.0. The highest BCUT2D eigenvalue weighted by Gasteiger charge is 2.25. The number of nitrogens with one attached hydrogen (secondary N) is 4. The number of ether oxygens (including phenoxy) is 1. The van der Waals surface area contributed by atoms with Gasteiger partial charge < -0.3 is 36.4 Å². The summed E-state index contributed by atoms with van der Waals surface area (Å²) in [7, 11) is 1.56. The lowest BCUT2D eigenvalue weighted by atomic mass is 10.2. The van der Waals surface area contributed by atoms with Crippen molar-refractivity contribution in [1.29, 1.82) is 0 Å². The first kappa shape index (κ1) is 31.0. The van der Waals surface area contributed by atoms with Crippen molar-refractivity contribution in [2.75, 3.05) is 71.5 Å². The number of methoxy groups -OCH3 is 1. The number of hydrogen-bond donors (Lipinski definition) is 6. The Labute approximate surface area is 214 Å². The third-order valence-electron chi connectivity index (χ3n) is 5.23. The molecule has 0 bridgehead atoms. The molecule has 0 aliphatic carbocycles. The molecule has 3 amide bonds. The van der Waals surface area contributed by atoms with E-state index < -0.39 is 0 Å². The first-order valence-electron chi connectivity index (χ1n) is 12.3. The van der Waals surface area contributed by atoms with Gasteiger partial charge in [-0.3, -0.25) is 10.1 Å². The fourth-order valence-electron chi connectivity index (χ4n) is 3.25. The first-order chi connectivity index (χ1) is 17.0. The number of carbonyl (C=O) groups is 2. The highest BCUT2D eigenvalue weighted by molar-refractivity contribution is 7.98. The van der Waals surface area contributed by atoms with Gasteiger partial charge in [0.25, 0.3) is 0 Å². The van der Waals surface area contributed by atoms with Crippen LogP contribution in [0, 0.1) is 0 Å². The number of benzene rings is 1. The number of imide groups is 1. The van der Waals surface area contributed by atoms with Crippen LogP contribution in [-0.2, 0) is 11.3 Å². The molecule has 0 spiro atoms. The lowest BCUT2D eigenvalue weighted by Gasteiger charge is -2.10. The summed E-state index contributed by atoms with van der Waals surface area (Å²) in [4.78, 5) is 23.0. The van der Waals surface area contributed by atoms with Crippen LogP contribution >= 0.6 is 11.8 Å². The number of urea groups is 1. The van der Waals surface area contributed by atoms with Crippen LogP contribution in [0.25, 0.3) is 0 Å². The van der Waals surface area contributed by atoms with E-state index in [1.807, 2.05) is 18.4 Å². The van der Waals surface area contributed by atoms with Crippen LogP contribution in [0.1, 0.15) is 31.2 Å². The van der Waals surface area contributed by atoms with E-state index in [0.29, 0.717) is 12.3 Å². The summed E-state index contributed by atoms with van der Waals surface area (Å²) >= 11 is 1.66. The Morgan fingerprint density at radius 2 is 1.71 bits per heavy atom. The molecule has 1 aliphatic heterocycles. The molecule has 0 aromatic heterocycles. The van der Waals surface area contributed by atoms with Crippen LogP contribution in [0.3, 0.4) is 0 Å². The second kappa shape index (κ2) is 20.2. The molecule has 1 aliphatic rings. The van der Waals surface area contributed by atoms with Crippen molar-refractivity contribution in [3.8, 4) is 11.5 Å². The number of hydrogen-bond acceptors (Lipinski definition) is 9. The van der Waals surface area contributed by atoms with Gasteiger partial charge in [-0.15, -0.1) is 0 Å². The molecule has 0 saturated carbocycles. The monoisotopic (exact) mass is 512 g/mol. The number of aromatic hydroxyl groups is 1. The van der Waals surface area contributed by atoms with Crippen molar-refractivity contribution in [3.63, 3.8) is 0 Å². The smallest absolute Gasteiger partial charge is 0.324 e. The minimum absolute atomic E-state index is 0.181.